The first-order valence-electron chi connectivity index (χ1n) is 6.66. The van der Waals surface area contributed by atoms with E-state index in [9.17, 15) is 0 Å². The molecule has 0 heterocycles. The molecule has 2 rings (SSSR count). The van der Waals surface area contributed by atoms with Crippen molar-refractivity contribution in [2.75, 3.05) is 6.61 Å². The quantitative estimate of drug-likeness (QED) is 0.766. The zero-order chi connectivity index (χ0) is 12.1. The van der Waals surface area contributed by atoms with Crippen molar-refractivity contribution >= 4 is 0 Å². The topological polar surface area (TPSA) is 35.2 Å². The molecule has 1 aromatic carbocycles. The fourth-order valence-electron chi connectivity index (χ4n) is 2.26. The van der Waals surface area contributed by atoms with E-state index in [1.54, 1.807) is 0 Å². The first-order valence-corrected chi connectivity index (χ1v) is 6.66. The Morgan fingerprint density at radius 1 is 1.35 bits per heavy atom. The summed E-state index contributed by atoms with van der Waals surface area (Å²) in [4.78, 5) is 0. The number of nitrogens with two attached hydrogens (primary N) is 1. The van der Waals surface area contributed by atoms with Gasteiger partial charge in [-0.1, -0.05) is 37.5 Å². The molecule has 2 N–H and O–H groups in total. The van der Waals surface area contributed by atoms with Crippen molar-refractivity contribution in [3.8, 4) is 0 Å². The van der Waals surface area contributed by atoms with Gasteiger partial charge in [0.2, 0.25) is 0 Å². The lowest BCUT2D eigenvalue weighted by atomic mass is 9.83. The SMILES string of the molecule is Cc1cc(CN)ccc1COCCC1CCC1. The zero-order valence-electron chi connectivity index (χ0n) is 10.7. The van der Waals surface area contributed by atoms with E-state index in [1.807, 2.05) is 0 Å². The van der Waals surface area contributed by atoms with E-state index in [-0.39, 0.29) is 0 Å². The summed E-state index contributed by atoms with van der Waals surface area (Å²) < 4.78 is 5.75. The first kappa shape index (κ1) is 12.6. The van der Waals surface area contributed by atoms with Gasteiger partial charge in [-0.15, -0.1) is 0 Å². The van der Waals surface area contributed by atoms with Crippen LogP contribution in [0.1, 0.15) is 42.4 Å². The number of benzene rings is 1. The third-order valence-electron chi connectivity index (χ3n) is 3.80. The molecule has 1 aromatic rings. The molecule has 17 heavy (non-hydrogen) atoms. The minimum atomic E-state index is 0.615. The monoisotopic (exact) mass is 233 g/mol. The molecule has 0 atom stereocenters. The molecule has 94 valence electrons. The molecule has 0 aliphatic heterocycles. The van der Waals surface area contributed by atoms with Crippen LogP contribution < -0.4 is 5.73 Å². The highest BCUT2D eigenvalue weighted by molar-refractivity contribution is 5.30. The van der Waals surface area contributed by atoms with Crippen molar-refractivity contribution < 1.29 is 4.74 Å². The fraction of sp³-hybridized carbons (Fsp3) is 0.600. The van der Waals surface area contributed by atoms with Crippen molar-refractivity contribution in [3.05, 3.63) is 34.9 Å². The van der Waals surface area contributed by atoms with Gasteiger partial charge in [-0.25, -0.2) is 0 Å². The molecule has 0 spiro atoms. The molecule has 0 bridgehead atoms. The minimum Gasteiger partial charge on any atom is -0.377 e. The minimum absolute atomic E-state index is 0.615. The number of rotatable bonds is 6. The molecular weight excluding hydrogens is 210 g/mol. The maximum Gasteiger partial charge on any atom is 0.0719 e. The van der Waals surface area contributed by atoms with Crippen LogP contribution in [0.4, 0.5) is 0 Å². The van der Waals surface area contributed by atoms with Crippen molar-refractivity contribution in [1.82, 2.24) is 0 Å². The Morgan fingerprint density at radius 2 is 2.18 bits per heavy atom. The summed E-state index contributed by atoms with van der Waals surface area (Å²) in [6.07, 6.45) is 5.48. The van der Waals surface area contributed by atoms with E-state index in [4.69, 9.17) is 10.5 Å². The number of hydrogen-bond donors (Lipinski definition) is 1. The summed E-state index contributed by atoms with van der Waals surface area (Å²) in [6, 6.07) is 6.39. The molecule has 1 fully saturated rings. The van der Waals surface area contributed by atoms with Crippen LogP contribution >= 0.6 is 0 Å². The van der Waals surface area contributed by atoms with Crippen LogP contribution in [0.3, 0.4) is 0 Å². The highest BCUT2D eigenvalue weighted by Crippen LogP contribution is 2.29. The molecule has 0 amide bonds. The van der Waals surface area contributed by atoms with Crippen LogP contribution in [0.2, 0.25) is 0 Å². The van der Waals surface area contributed by atoms with E-state index in [0.717, 1.165) is 19.1 Å². The van der Waals surface area contributed by atoms with Crippen LogP contribution in [0.15, 0.2) is 18.2 Å². The summed E-state index contributed by atoms with van der Waals surface area (Å²) in [5.41, 5.74) is 9.39. The Labute approximate surface area is 104 Å². The highest BCUT2D eigenvalue weighted by Gasteiger charge is 2.16. The van der Waals surface area contributed by atoms with Crippen molar-refractivity contribution in [3.63, 3.8) is 0 Å². The van der Waals surface area contributed by atoms with Gasteiger partial charge in [0.05, 0.1) is 6.61 Å². The Morgan fingerprint density at radius 3 is 2.76 bits per heavy atom. The van der Waals surface area contributed by atoms with Gasteiger partial charge >= 0.3 is 0 Å². The van der Waals surface area contributed by atoms with Gasteiger partial charge in [-0.2, -0.15) is 0 Å². The van der Waals surface area contributed by atoms with Gasteiger partial charge in [0.15, 0.2) is 0 Å². The van der Waals surface area contributed by atoms with Crippen LogP contribution in [-0.4, -0.2) is 6.61 Å². The molecular formula is C15H23NO. The van der Waals surface area contributed by atoms with Crippen molar-refractivity contribution in [1.29, 1.82) is 0 Å². The maximum atomic E-state index is 5.75. The van der Waals surface area contributed by atoms with E-state index in [0.29, 0.717) is 6.54 Å². The second kappa shape index (κ2) is 6.18. The van der Waals surface area contributed by atoms with E-state index < -0.39 is 0 Å². The second-order valence-corrected chi connectivity index (χ2v) is 5.10. The summed E-state index contributed by atoms with van der Waals surface area (Å²) in [7, 11) is 0. The number of hydrogen-bond acceptors (Lipinski definition) is 2. The predicted octanol–water partition coefficient (Wildman–Crippen LogP) is 3.16. The molecule has 1 aliphatic carbocycles. The molecule has 1 aliphatic rings. The number of aryl methyl sites for hydroxylation is 1. The summed E-state index contributed by atoms with van der Waals surface area (Å²) in [5.74, 6) is 0.940. The Bertz CT molecular complexity index is 358. The standard InChI is InChI=1S/C15H23NO/c1-12-9-14(10-16)5-6-15(12)11-17-8-7-13-3-2-4-13/h5-6,9,13H,2-4,7-8,10-11,16H2,1H3. The van der Waals surface area contributed by atoms with E-state index in [1.165, 1.54) is 42.4 Å². The molecule has 0 aromatic heterocycles. The van der Waals surface area contributed by atoms with Gasteiger partial charge in [0, 0.05) is 13.2 Å². The zero-order valence-corrected chi connectivity index (χ0v) is 10.7. The van der Waals surface area contributed by atoms with Gasteiger partial charge in [-0.3, -0.25) is 0 Å². The lowest BCUT2D eigenvalue weighted by molar-refractivity contribution is 0.0947. The molecule has 0 unspecified atom stereocenters. The highest BCUT2D eigenvalue weighted by atomic mass is 16.5. The summed E-state index contributed by atoms with van der Waals surface area (Å²) in [6.45, 7) is 4.39. The normalized spacial score (nSPS) is 15.9. The van der Waals surface area contributed by atoms with E-state index in [2.05, 4.69) is 25.1 Å². The van der Waals surface area contributed by atoms with Gasteiger partial charge in [-0.05, 0) is 36.0 Å². The summed E-state index contributed by atoms with van der Waals surface area (Å²) >= 11 is 0. The van der Waals surface area contributed by atoms with Crippen LogP contribution in [0, 0.1) is 12.8 Å². The van der Waals surface area contributed by atoms with Gasteiger partial charge < -0.3 is 10.5 Å². The lowest BCUT2D eigenvalue weighted by Crippen LogP contribution is -2.13. The third-order valence-corrected chi connectivity index (χ3v) is 3.80. The smallest absolute Gasteiger partial charge is 0.0719 e. The van der Waals surface area contributed by atoms with E-state index >= 15 is 0 Å². The first-order chi connectivity index (χ1) is 8.29. The third kappa shape index (κ3) is 3.55. The molecule has 0 radical (unpaired) electrons. The average molecular weight is 233 g/mol. The van der Waals surface area contributed by atoms with Crippen molar-refractivity contribution in [2.45, 2.75) is 45.8 Å². The van der Waals surface area contributed by atoms with Gasteiger partial charge in [0.25, 0.3) is 0 Å². The summed E-state index contributed by atoms with van der Waals surface area (Å²) in [5, 5.41) is 0. The molecule has 2 heteroatoms. The number of ether oxygens (including phenoxy) is 1. The van der Waals surface area contributed by atoms with Crippen molar-refractivity contribution in [2.24, 2.45) is 11.7 Å². The molecule has 0 saturated heterocycles. The Kier molecular flexibility index (Phi) is 4.57. The van der Waals surface area contributed by atoms with Gasteiger partial charge in [0.1, 0.15) is 0 Å². The fourth-order valence-corrected chi connectivity index (χ4v) is 2.26. The second-order valence-electron chi connectivity index (χ2n) is 5.10. The Hall–Kier alpha value is -0.860. The average Bonchev–Trinajstić information content (AvgIpc) is 2.28. The lowest BCUT2D eigenvalue weighted by Gasteiger charge is -2.24. The predicted molar refractivity (Wildman–Crippen MR) is 70.7 cm³/mol. The largest absolute Gasteiger partial charge is 0.377 e. The molecule has 1 saturated carbocycles. The van der Waals surface area contributed by atoms with Crippen LogP contribution in [0.25, 0.3) is 0 Å². The maximum absolute atomic E-state index is 5.75. The Balaban J connectivity index is 1.73. The van der Waals surface area contributed by atoms with Crippen LogP contribution in [0.5, 0.6) is 0 Å². The van der Waals surface area contributed by atoms with Crippen LogP contribution in [-0.2, 0) is 17.9 Å². The molecule has 2 nitrogen and oxygen atoms in total.